The fraction of sp³-hybridized carbons (Fsp3) is 0. The smallest absolute Gasteiger partial charge is 0.167 e. The first-order valence-electron chi connectivity index (χ1n) is 25.7. The summed E-state index contributed by atoms with van der Waals surface area (Å²) in [6.45, 7) is 0. The molecule has 0 aliphatic heterocycles. The van der Waals surface area contributed by atoms with E-state index in [0.29, 0.717) is 17.5 Å². The quantitative estimate of drug-likeness (QED) is 0.160. The van der Waals surface area contributed by atoms with E-state index in [1.165, 1.54) is 54.4 Å². The molecule has 0 aliphatic carbocycles. The van der Waals surface area contributed by atoms with Crippen molar-refractivity contribution < 1.29 is 4.42 Å². The summed E-state index contributed by atoms with van der Waals surface area (Å²) in [6.07, 6.45) is 0. The van der Waals surface area contributed by atoms with Crippen molar-refractivity contribution in [3.63, 3.8) is 0 Å². The molecule has 0 bridgehead atoms. The highest BCUT2D eigenvalue weighted by atomic mass is 16.3. The third kappa shape index (κ3) is 6.39. The first-order valence-corrected chi connectivity index (χ1v) is 25.7. The molecule has 0 fully saturated rings. The minimum atomic E-state index is 0.552. The first kappa shape index (κ1) is 42.2. The predicted molar refractivity (Wildman–Crippen MR) is 312 cm³/mol. The second-order valence-corrected chi connectivity index (χ2v) is 19.5. The number of nitrogens with zero attached hydrogens (tertiary/aromatic N) is 6. The number of hydrogen-bond donors (Lipinski definition) is 0. The summed E-state index contributed by atoms with van der Waals surface area (Å²) in [5.41, 5.74) is 16.6. The summed E-state index contributed by atoms with van der Waals surface area (Å²) < 4.78 is 14.3. The molecule has 7 nitrogen and oxygen atoms in total. The monoisotopic (exact) mass is 970 g/mol. The Hall–Kier alpha value is -10.4. The molecular weight excluding hydrogens is 929 g/mol. The van der Waals surface area contributed by atoms with Crippen molar-refractivity contribution in [3.05, 3.63) is 255 Å². The molecule has 0 spiro atoms. The third-order valence-corrected chi connectivity index (χ3v) is 15.3. The lowest BCUT2D eigenvalue weighted by atomic mass is 10.0. The highest BCUT2D eigenvalue weighted by Crippen LogP contribution is 2.43. The van der Waals surface area contributed by atoms with Crippen molar-refractivity contribution in [2.45, 2.75) is 0 Å². The van der Waals surface area contributed by atoms with Crippen LogP contribution in [0.15, 0.2) is 259 Å². The average Bonchev–Trinajstić information content (AvgIpc) is 4.27. The lowest BCUT2D eigenvalue weighted by molar-refractivity contribution is 0.667. The molecule has 0 saturated heterocycles. The van der Waals surface area contributed by atoms with Crippen LogP contribution in [-0.2, 0) is 0 Å². The Morgan fingerprint density at radius 2 is 0.671 bits per heavy atom. The highest BCUT2D eigenvalue weighted by Gasteiger charge is 2.23. The minimum Gasteiger partial charge on any atom is -0.453 e. The van der Waals surface area contributed by atoms with Gasteiger partial charge in [0.05, 0.1) is 44.4 Å². The van der Waals surface area contributed by atoms with E-state index in [1.807, 2.05) is 66.7 Å². The molecule has 0 amide bonds. The fourth-order valence-electron chi connectivity index (χ4n) is 11.9. The van der Waals surface area contributed by atoms with Crippen LogP contribution in [0.3, 0.4) is 0 Å². The average molecular weight is 971 g/mol. The number of fused-ring (bicyclic) bond motifs is 12. The number of para-hydroxylation sites is 6. The van der Waals surface area contributed by atoms with E-state index in [-0.39, 0.29) is 0 Å². The number of aromatic nitrogens is 6. The normalized spacial score (nSPS) is 11.9. The predicted octanol–water partition coefficient (Wildman–Crippen LogP) is 17.7. The maximum atomic E-state index is 7.12. The van der Waals surface area contributed by atoms with Crippen molar-refractivity contribution in [1.82, 2.24) is 28.7 Å². The van der Waals surface area contributed by atoms with Crippen LogP contribution in [0, 0.1) is 0 Å². The van der Waals surface area contributed by atoms with Crippen molar-refractivity contribution in [3.8, 4) is 62.4 Å². The van der Waals surface area contributed by atoms with Crippen molar-refractivity contribution in [2.75, 3.05) is 0 Å². The Labute approximate surface area is 435 Å². The van der Waals surface area contributed by atoms with Crippen LogP contribution in [0.2, 0.25) is 0 Å². The van der Waals surface area contributed by atoms with E-state index >= 15 is 0 Å². The SMILES string of the molecule is c1ccc(-c2nc(-c3ccccc3)nc(-c3cccc4c3oc3c(-n5c6ccccc6c6cc(-c7ccc8c(c7)c7ccccc7n8-c7ccc8c(c7)c7ccccc7n8-c7ccccc7)ccc65)cccc34)n2)cc1. The van der Waals surface area contributed by atoms with Gasteiger partial charge in [-0.15, -0.1) is 0 Å². The maximum Gasteiger partial charge on any atom is 0.167 e. The summed E-state index contributed by atoms with van der Waals surface area (Å²) in [6, 6.07) is 90.5. The molecule has 0 radical (unpaired) electrons. The Kier molecular flexibility index (Phi) is 9.20. The molecule has 16 rings (SSSR count). The Morgan fingerprint density at radius 3 is 1.26 bits per heavy atom. The molecule has 354 valence electrons. The van der Waals surface area contributed by atoms with E-state index in [1.54, 1.807) is 0 Å². The second-order valence-electron chi connectivity index (χ2n) is 19.5. The zero-order chi connectivity index (χ0) is 49.8. The van der Waals surface area contributed by atoms with Gasteiger partial charge in [-0.25, -0.2) is 15.0 Å². The zero-order valence-corrected chi connectivity index (χ0v) is 40.8. The standard InChI is InChI=1S/C69H42N6O/c1-4-18-43(19-5-1)67-70-68(44-20-6-2-7-21-44)72-69(71-67)54-29-16-27-52-53-28-17-33-64(66(53)76-65(52)54)75-60-32-15-12-25-50(60)56-41-46(35-38-63(56)75)45-34-37-61-55(40-45)49-24-10-14-31-59(49)74(61)48-36-39-62-57(42-48)51-26-11-13-30-58(51)73(62)47-22-8-3-9-23-47/h1-42H. The summed E-state index contributed by atoms with van der Waals surface area (Å²) in [7, 11) is 0. The number of rotatable bonds is 7. The molecule has 0 aliphatic rings. The zero-order valence-electron chi connectivity index (χ0n) is 40.8. The van der Waals surface area contributed by atoms with Crippen molar-refractivity contribution in [1.29, 1.82) is 0 Å². The van der Waals surface area contributed by atoms with Gasteiger partial charge in [0, 0.05) is 65.6 Å². The van der Waals surface area contributed by atoms with Gasteiger partial charge in [0.15, 0.2) is 23.1 Å². The molecule has 5 heterocycles. The van der Waals surface area contributed by atoms with Gasteiger partial charge in [-0.2, -0.15) is 0 Å². The van der Waals surface area contributed by atoms with Crippen LogP contribution < -0.4 is 0 Å². The molecule has 5 aromatic heterocycles. The molecule has 16 aromatic rings. The van der Waals surface area contributed by atoms with Crippen LogP contribution in [0.1, 0.15) is 0 Å². The van der Waals surface area contributed by atoms with E-state index in [9.17, 15) is 0 Å². The van der Waals surface area contributed by atoms with E-state index in [4.69, 9.17) is 19.4 Å². The molecule has 7 heteroatoms. The molecular formula is C69H42N6O. The molecule has 0 N–H and O–H groups in total. The van der Waals surface area contributed by atoms with E-state index in [0.717, 1.165) is 77.9 Å². The molecule has 0 saturated carbocycles. The highest BCUT2D eigenvalue weighted by molar-refractivity contribution is 6.16. The topological polar surface area (TPSA) is 66.6 Å². The van der Waals surface area contributed by atoms with Gasteiger partial charge in [-0.1, -0.05) is 170 Å². The Balaban J connectivity index is 0.829. The summed E-state index contributed by atoms with van der Waals surface area (Å²) in [5, 5.41) is 9.23. The van der Waals surface area contributed by atoms with Gasteiger partial charge in [0.25, 0.3) is 0 Å². The minimum absolute atomic E-state index is 0.552. The van der Waals surface area contributed by atoms with E-state index in [2.05, 4.69) is 202 Å². The van der Waals surface area contributed by atoms with Crippen LogP contribution in [0.25, 0.3) is 150 Å². The number of benzene rings is 11. The number of furan rings is 1. The van der Waals surface area contributed by atoms with Crippen LogP contribution in [0.4, 0.5) is 0 Å². The lowest BCUT2D eigenvalue weighted by Gasteiger charge is -2.11. The lowest BCUT2D eigenvalue weighted by Crippen LogP contribution is -2.00. The van der Waals surface area contributed by atoms with Gasteiger partial charge in [-0.3, -0.25) is 0 Å². The second kappa shape index (κ2) is 16.6. The Bertz CT molecular complexity index is 4930. The first-order chi connectivity index (χ1) is 37.7. The molecule has 0 unspecified atom stereocenters. The third-order valence-electron chi connectivity index (χ3n) is 15.3. The molecule has 11 aromatic carbocycles. The van der Waals surface area contributed by atoms with Gasteiger partial charge in [0.2, 0.25) is 0 Å². The van der Waals surface area contributed by atoms with E-state index < -0.39 is 0 Å². The molecule has 0 atom stereocenters. The summed E-state index contributed by atoms with van der Waals surface area (Å²) >= 11 is 0. The summed E-state index contributed by atoms with van der Waals surface area (Å²) in [4.78, 5) is 15.1. The van der Waals surface area contributed by atoms with Crippen LogP contribution in [0.5, 0.6) is 0 Å². The van der Waals surface area contributed by atoms with Gasteiger partial charge in [-0.05, 0) is 96.1 Å². The Morgan fingerprint density at radius 1 is 0.250 bits per heavy atom. The van der Waals surface area contributed by atoms with Gasteiger partial charge < -0.3 is 18.1 Å². The van der Waals surface area contributed by atoms with Gasteiger partial charge >= 0.3 is 0 Å². The van der Waals surface area contributed by atoms with Crippen LogP contribution >= 0.6 is 0 Å². The van der Waals surface area contributed by atoms with Crippen molar-refractivity contribution >= 4 is 87.4 Å². The molecule has 76 heavy (non-hydrogen) atoms. The number of hydrogen-bond acceptors (Lipinski definition) is 4. The fourth-order valence-corrected chi connectivity index (χ4v) is 11.9. The largest absolute Gasteiger partial charge is 0.453 e. The summed E-state index contributed by atoms with van der Waals surface area (Å²) in [5.74, 6) is 1.76. The van der Waals surface area contributed by atoms with Crippen molar-refractivity contribution in [2.24, 2.45) is 0 Å². The van der Waals surface area contributed by atoms with Crippen LogP contribution in [-0.4, -0.2) is 28.7 Å². The van der Waals surface area contributed by atoms with Gasteiger partial charge in [0.1, 0.15) is 5.58 Å². The maximum absolute atomic E-state index is 7.12.